The molecule has 0 unspecified atom stereocenters. The predicted octanol–water partition coefficient (Wildman–Crippen LogP) is 5.78. The number of carbonyl (C=O) groups is 1. The zero-order chi connectivity index (χ0) is 27.7. The number of rotatable bonds is 6. The summed E-state index contributed by atoms with van der Waals surface area (Å²) in [6, 6.07) is 14.7. The fraction of sp³-hybridized carbons (Fsp3) is 0.138. The van der Waals surface area contributed by atoms with Crippen molar-refractivity contribution in [3.8, 4) is 11.3 Å². The lowest BCUT2D eigenvalue weighted by atomic mass is 9.90. The smallest absolute Gasteiger partial charge is 0.230 e. The summed E-state index contributed by atoms with van der Waals surface area (Å²) < 4.78 is 69.0. The van der Waals surface area contributed by atoms with Gasteiger partial charge in [-0.05, 0) is 35.6 Å². The lowest BCUT2D eigenvalue weighted by Gasteiger charge is -2.21. The molecule has 0 aliphatic heterocycles. The minimum atomic E-state index is -2.30. The Balaban J connectivity index is 1.53. The van der Waals surface area contributed by atoms with Crippen LogP contribution < -0.4 is 5.32 Å². The number of fused-ring (bicyclic) bond motifs is 3. The van der Waals surface area contributed by atoms with E-state index in [0.29, 0.717) is 24.2 Å². The molecule has 1 heterocycles. The van der Waals surface area contributed by atoms with Crippen LogP contribution >= 0.6 is 0 Å². The van der Waals surface area contributed by atoms with Gasteiger partial charge in [0, 0.05) is 11.1 Å². The Morgan fingerprint density at radius 1 is 0.872 bits per heavy atom. The number of nitrogens with one attached hydrogen (secondary N) is 1. The fourth-order valence-electron chi connectivity index (χ4n) is 4.40. The van der Waals surface area contributed by atoms with Crippen LogP contribution in [0.5, 0.6) is 0 Å². The van der Waals surface area contributed by atoms with Crippen molar-refractivity contribution in [2.45, 2.75) is 25.9 Å². The first-order valence-corrected chi connectivity index (χ1v) is 11.9. The molecular formula is C29H20F5N3O2. The summed E-state index contributed by atoms with van der Waals surface area (Å²) in [5.74, 6) is -11.7. The quantitative estimate of drug-likeness (QED) is 0.186. The highest BCUT2D eigenvalue weighted by Crippen LogP contribution is 2.34. The number of hydrogen-bond donors (Lipinski definition) is 2. The van der Waals surface area contributed by atoms with Gasteiger partial charge in [-0.2, -0.15) is 0 Å². The van der Waals surface area contributed by atoms with Gasteiger partial charge < -0.3 is 10.4 Å². The third-order valence-electron chi connectivity index (χ3n) is 6.36. The average Bonchev–Trinajstić information content (AvgIpc) is 2.96. The first-order chi connectivity index (χ1) is 18.8. The molecule has 1 amide bonds. The second-order valence-electron chi connectivity index (χ2n) is 8.92. The molecule has 2 N–H and O–H groups in total. The summed E-state index contributed by atoms with van der Waals surface area (Å²) in [5, 5.41) is 11.9. The molecule has 3 aromatic carbocycles. The zero-order valence-electron chi connectivity index (χ0n) is 20.2. The normalized spacial score (nSPS) is 12.4. The lowest BCUT2D eigenvalue weighted by molar-refractivity contribution is -0.115. The van der Waals surface area contributed by atoms with E-state index in [4.69, 9.17) is 4.98 Å². The topological polar surface area (TPSA) is 75.1 Å². The lowest BCUT2D eigenvalue weighted by Crippen LogP contribution is -2.21. The average molecular weight is 537 g/mol. The maximum absolute atomic E-state index is 14.2. The number of aryl methyl sites for hydroxylation is 2. The van der Waals surface area contributed by atoms with E-state index in [0.717, 1.165) is 22.3 Å². The number of nitrogens with zero attached hydrogens (tertiary/aromatic N) is 2. The highest BCUT2D eigenvalue weighted by atomic mass is 19.2. The summed E-state index contributed by atoms with van der Waals surface area (Å²) in [7, 11) is 0. The van der Waals surface area contributed by atoms with E-state index in [1.807, 2.05) is 42.5 Å². The van der Waals surface area contributed by atoms with Crippen LogP contribution in [-0.4, -0.2) is 21.0 Å². The molecule has 10 heteroatoms. The van der Waals surface area contributed by atoms with Gasteiger partial charge >= 0.3 is 0 Å². The maximum atomic E-state index is 14.2. The summed E-state index contributed by atoms with van der Waals surface area (Å²) in [6.45, 7) is -0.106. The summed E-state index contributed by atoms with van der Waals surface area (Å²) in [6.07, 6.45) is 3.29. The Kier molecular flexibility index (Phi) is 7.21. The Morgan fingerprint density at radius 3 is 2.26 bits per heavy atom. The van der Waals surface area contributed by atoms with Crippen LogP contribution in [0.1, 0.15) is 33.6 Å². The number of aliphatic hydroxyl groups excluding tert-OH is 1. The summed E-state index contributed by atoms with van der Waals surface area (Å²) in [5.41, 5.74) is 3.48. The van der Waals surface area contributed by atoms with Crippen LogP contribution in [0.2, 0.25) is 0 Å². The molecule has 5 rings (SSSR count). The Bertz CT molecular complexity index is 1590. The van der Waals surface area contributed by atoms with E-state index in [2.05, 4.69) is 10.3 Å². The van der Waals surface area contributed by atoms with Crippen LogP contribution in [0.15, 0.2) is 48.5 Å². The number of aliphatic hydroxyl groups is 1. The minimum absolute atomic E-state index is 0.0229. The molecule has 1 aromatic heterocycles. The molecule has 1 aliphatic rings. The van der Waals surface area contributed by atoms with Crippen LogP contribution in [0.25, 0.3) is 23.4 Å². The van der Waals surface area contributed by atoms with Crippen LogP contribution in [-0.2, 0) is 30.7 Å². The van der Waals surface area contributed by atoms with Gasteiger partial charge in [0.2, 0.25) is 11.7 Å². The molecule has 39 heavy (non-hydrogen) atoms. The maximum Gasteiger partial charge on any atom is 0.230 e. The van der Waals surface area contributed by atoms with Crippen molar-refractivity contribution in [3.05, 3.63) is 111 Å². The second-order valence-corrected chi connectivity index (χ2v) is 8.92. The van der Waals surface area contributed by atoms with Crippen molar-refractivity contribution >= 4 is 23.9 Å². The Morgan fingerprint density at radius 2 is 1.56 bits per heavy atom. The highest BCUT2D eigenvalue weighted by molar-refractivity contribution is 5.94. The van der Waals surface area contributed by atoms with Gasteiger partial charge in [-0.25, -0.2) is 31.9 Å². The number of aromatic nitrogens is 2. The van der Waals surface area contributed by atoms with Gasteiger partial charge in [-0.1, -0.05) is 54.6 Å². The first kappa shape index (κ1) is 26.2. The number of benzene rings is 3. The van der Waals surface area contributed by atoms with Gasteiger partial charge in [-0.15, -0.1) is 0 Å². The number of anilines is 1. The largest absolute Gasteiger partial charge is 0.392 e. The third kappa shape index (κ3) is 5.15. The fourth-order valence-corrected chi connectivity index (χ4v) is 4.40. The van der Waals surface area contributed by atoms with Gasteiger partial charge in [-0.3, -0.25) is 4.79 Å². The molecule has 1 aliphatic carbocycles. The highest BCUT2D eigenvalue weighted by Gasteiger charge is 2.28. The molecule has 5 nitrogen and oxygen atoms in total. The SMILES string of the molecule is O=C(Cc1c(F)c(F)c(F)c(F)c1F)Nc1nc2c(nc1C=Cc1ccccc1)-c1ccc(CO)cc1CC2. The van der Waals surface area contributed by atoms with E-state index in [-0.39, 0.29) is 18.1 Å². The summed E-state index contributed by atoms with van der Waals surface area (Å²) in [4.78, 5) is 22.0. The molecular weight excluding hydrogens is 517 g/mol. The number of hydrogen-bond acceptors (Lipinski definition) is 4. The van der Waals surface area contributed by atoms with E-state index >= 15 is 0 Å². The van der Waals surface area contributed by atoms with Crippen LogP contribution in [0.3, 0.4) is 0 Å². The second kappa shape index (κ2) is 10.7. The van der Waals surface area contributed by atoms with Crippen LogP contribution in [0.4, 0.5) is 27.8 Å². The molecule has 0 bridgehead atoms. The van der Waals surface area contributed by atoms with Gasteiger partial charge in [0.25, 0.3) is 0 Å². The van der Waals surface area contributed by atoms with Gasteiger partial charge in [0.15, 0.2) is 29.1 Å². The molecule has 0 fully saturated rings. The Labute approximate surface area is 219 Å². The van der Waals surface area contributed by atoms with Gasteiger partial charge in [0.05, 0.1) is 24.4 Å². The van der Waals surface area contributed by atoms with Crippen LogP contribution in [0, 0.1) is 29.1 Å². The molecule has 0 atom stereocenters. The van der Waals surface area contributed by atoms with Gasteiger partial charge in [0.1, 0.15) is 5.69 Å². The van der Waals surface area contributed by atoms with Crippen molar-refractivity contribution in [3.63, 3.8) is 0 Å². The van der Waals surface area contributed by atoms with Crippen molar-refractivity contribution in [2.75, 3.05) is 5.32 Å². The zero-order valence-corrected chi connectivity index (χ0v) is 20.2. The van der Waals surface area contributed by atoms with Crippen molar-refractivity contribution < 1.29 is 31.9 Å². The minimum Gasteiger partial charge on any atom is -0.392 e. The van der Waals surface area contributed by atoms with E-state index < -0.39 is 47.0 Å². The molecule has 0 saturated heterocycles. The van der Waals surface area contributed by atoms with Crippen molar-refractivity contribution in [2.24, 2.45) is 0 Å². The van der Waals surface area contributed by atoms with E-state index in [9.17, 15) is 31.9 Å². The Hall–Kier alpha value is -4.44. The van der Waals surface area contributed by atoms with Crippen molar-refractivity contribution in [1.82, 2.24) is 9.97 Å². The van der Waals surface area contributed by atoms with E-state index in [1.165, 1.54) is 0 Å². The number of carbonyl (C=O) groups excluding carboxylic acids is 1. The molecule has 0 spiro atoms. The van der Waals surface area contributed by atoms with E-state index in [1.54, 1.807) is 18.2 Å². The number of amides is 1. The molecule has 198 valence electrons. The summed E-state index contributed by atoms with van der Waals surface area (Å²) >= 11 is 0. The molecule has 4 aromatic rings. The number of halogens is 5. The third-order valence-corrected chi connectivity index (χ3v) is 6.36. The van der Waals surface area contributed by atoms with Crippen molar-refractivity contribution in [1.29, 1.82) is 0 Å². The first-order valence-electron chi connectivity index (χ1n) is 11.9. The molecule has 0 radical (unpaired) electrons. The monoisotopic (exact) mass is 537 g/mol. The predicted molar refractivity (Wildman–Crippen MR) is 135 cm³/mol. The molecule has 0 saturated carbocycles. The standard InChI is InChI=1S/C29H20F5N3O2/c30-23-19(24(31)26(33)27(34)25(23)32)13-22(39)37-29-21(10-7-15-4-2-1-3-5-15)35-28-18-9-6-16(14-38)12-17(18)8-11-20(28)36-29/h1-7,9-10,12,38H,8,11,13-14H2,(H,36,37,39).